The van der Waals surface area contributed by atoms with Gasteiger partial charge < -0.3 is 10.2 Å². The Balaban J connectivity index is 1.62. The van der Waals surface area contributed by atoms with Gasteiger partial charge in [0.1, 0.15) is 5.82 Å². The molecule has 3 heterocycles. The van der Waals surface area contributed by atoms with Crippen molar-refractivity contribution in [2.75, 3.05) is 23.3 Å². The van der Waals surface area contributed by atoms with Crippen LogP contribution in [0, 0.1) is 5.92 Å². The van der Waals surface area contributed by atoms with Gasteiger partial charge in [0, 0.05) is 36.2 Å². The van der Waals surface area contributed by atoms with Gasteiger partial charge in [-0.15, -0.1) is 0 Å². The van der Waals surface area contributed by atoms with E-state index < -0.39 is 0 Å². The number of aromatic nitrogens is 4. The van der Waals surface area contributed by atoms with Gasteiger partial charge in [0.25, 0.3) is 0 Å². The third-order valence-electron chi connectivity index (χ3n) is 3.68. The number of aromatic amines is 1. The topological polar surface area (TPSA) is 86.8 Å². The van der Waals surface area contributed by atoms with E-state index in [0.717, 1.165) is 23.9 Å². The zero-order valence-electron chi connectivity index (χ0n) is 13.0. The van der Waals surface area contributed by atoms with E-state index in [2.05, 4.69) is 50.5 Å². The highest BCUT2D eigenvalue weighted by Gasteiger charge is 2.31. The number of hydrogen-bond donors (Lipinski definition) is 2. The smallest absolute Gasteiger partial charge is 0.229 e. The van der Waals surface area contributed by atoms with Gasteiger partial charge in [-0.1, -0.05) is 20.8 Å². The van der Waals surface area contributed by atoms with Crippen LogP contribution in [0.15, 0.2) is 12.4 Å². The van der Waals surface area contributed by atoms with Crippen LogP contribution in [0.25, 0.3) is 0 Å². The fourth-order valence-corrected chi connectivity index (χ4v) is 3.25. The van der Waals surface area contributed by atoms with Gasteiger partial charge in [0.15, 0.2) is 0 Å². The second kappa shape index (κ2) is 5.68. The van der Waals surface area contributed by atoms with Gasteiger partial charge in [0.05, 0.1) is 17.8 Å². The summed E-state index contributed by atoms with van der Waals surface area (Å²) in [5.41, 5.74) is 0.654. The summed E-state index contributed by atoms with van der Waals surface area (Å²) in [5, 5.41) is 10.3. The molecule has 0 aliphatic carbocycles. The Labute approximate surface area is 133 Å². The molecule has 2 N–H and O–H groups in total. The van der Waals surface area contributed by atoms with E-state index in [4.69, 9.17) is 0 Å². The summed E-state index contributed by atoms with van der Waals surface area (Å²) in [4.78, 5) is 19.0. The molecule has 2 aromatic rings. The molecule has 0 radical (unpaired) electrons. The number of carbonyl (C=O) groups excluding carboxylic acids is 1. The van der Waals surface area contributed by atoms with Gasteiger partial charge in [0.2, 0.25) is 11.0 Å². The van der Waals surface area contributed by atoms with Gasteiger partial charge in [-0.25, -0.2) is 4.98 Å². The van der Waals surface area contributed by atoms with Crippen molar-refractivity contribution in [2.45, 2.75) is 32.6 Å². The molecule has 0 aromatic carbocycles. The van der Waals surface area contributed by atoms with Crippen molar-refractivity contribution < 1.29 is 4.79 Å². The zero-order chi connectivity index (χ0) is 15.7. The first-order chi connectivity index (χ1) is 10.4. The fraction of sp³-hybridized carbons (Fsp3) is 0.571. The molecule has 1 aliphatic heterocycles. The number of carbonyl (C=O) groups is 1. The molecular weight excluding hydrogens is 300 g/mol. The lowest BCUT2D eigenvalue weighted by molar-refractivity contribution is -0.119. The van der Waals surface area contributed by atoms with Crippen LogP contribution in [0.1, 0.15) is 33.0 Å². The molecule has 2 aromatic heterocycles. The minimum atomic E-state index is -0.0491. The maximum atomic E-state index is 12.2. The predicted molar refractivity (Wildman–Crippen MR) is 86.1 cm³/mol. The van der Waals surface area contributed by atoms with Crippen molar-refractivity contribution in [3.8, 4) is 0 Å². The van der Waals surface area contributed by atoms with Crippen molar-refractivity contribution >= 4 is 28.3 Å². The first kappa shape index (κ1) is 15.0. The van der Waals surface area contributed by atoms with Crippen molar-refractivity contribution in [1.82, 2.24) is 19.6 Å². The molecule has 1 saturated heterocycles. The Hall–Kier alpha value is -1.96. The Morgan fingerprint density at radius 2 is 2.32 bits per heavy atom. The molecule has 0 bridgehead atoms. The van der Waals surface area contributed by atoms with Crippen LogP contribution in [0.4, 0.5) is 10.8 Å². The Morgan fingerprint density at radius 3 is 2.95 bits per heavy atom. The molecule has 3 rings (SSSR count). The molecule has 1 aliphatic rings. The SMILES string of the molecule is CC(C)(C)c1nsc(N2CCC(C(=O)Nc3cn[nH]c3)C2)n1. The van der Waals surface area contributed by atoms with E-state index in [0.29, 0.717) is 12.2 Å². The Morgan fingerprint density at radius 1 is 1.50 bits per heavy atom. The highest BCUT2D eigenvalue weighted by Crippen LogP contribution is 2.29. The summed E-state index contributed by atoms with van der Waals surface area (Å²) in [6.07, 6.45) is 4.10. The van der Waals surface area contributed by atoms with Crippen molar-refractivity contribution in [3.05, 3.63) is 18.2 Å². The molecule has 118 valence electrons. The molecule has 0 spiro atoms. The number of nitrogens with one attached hydrogen (secondary N) is 2. The third-order valence-corrected chi connectivity index (χ3v) is 4.46. The van der Waals surface area contributed by atoms with E-state index in [1.54, 1.807) is 12.4 Å². The van der Waals surface area contributed by atoms with E-state index in [-0.39, 0.29) is 17.2 Å². The number of anilines is 2. The minimum Gasteiger partial charge on any atom is -0.346 e. The summed E-state index contributed by atoms with van der Waals surface area (Å²) in [7, 11) is 0. The van der Waals surface area contributed by atoms with Crippen molar-refractivity contribution in [2.24, 2.45) is 5.92 Å². The lowest BCUT2D eigenvalue weighted by atomic mass is 9.96. The van der Waals surface area contributed by atoms with E-state index >= 15 is 0 Å². The van der Waals surface area contributed by atoms with Crippen LogP contribution in [-0.4, -0.2) is 38.6 Å². The molecule has 22 heavy (non-hydrogen) atoms. The zero-order valence-corrected chi connectivity index (χ0v) is 13.8. The summed E-state index contributed by atoms with van der Waals surface area (Å²) in [6, 6.07) is 0. The number of H-pyrrole nitrogens is 1. The predicted octanol–water partition coefficient (Wildman–Crippen LogP) is 2.02. The normalized spacial score (nSPS) is 18.7. The number of amides is 1. The van der Waals surface area contributed by atoms with Gasteiger partial charge in [-0.05, 0) is 6.42 Å². The van der Waals surface area contributed by atoms with E-state index in [1.807, 2.05) is 0 Å². The maximum absolute atomic E-state index is 12.2. The van der Waals surface area contributed by atoms with E-state index in [1.165, 1.54) is 11.5 Å². The molecule has 1 atom stereocenters. The Kier molecular flexibility index (Phi) is 3.86. The molecule has 7 nitrogen and oxygen atoms in total. The quantitative estimate of drug-likeness (QED) is 0.903. The van der Waals surface area contributed by atoms with Gasteiger partial charge in [-0.3, -0.25) is 9.89 Å². The standard InChI is InChI=1S/C14H20N6OS/c1-14(2,3)12-18-13(22-19-12)20-5-4-9(8-20)11(21)17-10-6-15-16-7-10/h6-7,9H,4-5,8H2,1-3H3,(H,15,16)(H,17,21). The maximum Gasteiger partial charge on any atom is 0.229 e. The lowest BCUT2D eigenvalue weighted by Gasteiger charge is -2.15. The van der Waals surface area contributed by atoms with E-state index in [9.17, 15) is 4.79 Å². The van der Waals surface area contributed by atoms with Crippen LogP contribution in [0.3, 0.4) is 0 Å². The van der Waals surface area contributed by atoms with Crippen LogP contribution >= 0.6 is 11.5 Å². The summed E-state index contributed by atoms with van der Waals surface area (Å²) >= 11 is 1.41. The Bertz CT molecular complexity index is 645. The van der Waals surface area contributed by atoms with Crippen LogP contribution in [-0.2, 0) is 10.2 Å². The molecule has 1 amide bonds. The van der Waals surface area contributed by atoms with Crippen molar-refractivity contribution in [3.63, 3.8) is 0 Å². The van der Waals surface area contributed by atoms with Crippen LogP contribution < -0.4 is 10.2 Å². The highest BCUT2D eigenvalue weighted by molar-refractivity contribution is 7.09. The molecule has 1 unspecified atom stereocenters. The fourth-order valence-electron chi connectivity index (χ4n) is 2.36. The summed E-state index contributed by atoms with van der Waals surface area (Å²) in [5.74, 6) is 0.861. The van der Waals surface area contributed by atoms with Crippen molar-refractivity contribution in [1.29, 1.82) is 0 Å². The molecule has 0 saturated carbocycles. The first-order valence-electron chi connectivity index (χ1n) is 7.32. The lowest BCUT2D eigenvalue weighted by Crippen LogP contribution is -2.27. The molecular formula is C14H20N6OS. The first-order valence-corrected chi connectivity index (χ1v) is 8.09. The second-order valence-corrected chi connectivity index (χ2v) is 7.29. The number of hydrogen-bond acceptors (Lipinski definition) is 6. The summed E-state index contributed by atoms with van der Waals surface area (Å²) < 4.78 is 4.44. The average molecular weight is 320 g/mol. The average Bonchev–Trinajstić information content (AvgIpc) is 3.18. The molecule has 8 heteroatoms. The van der Waals surface area contributed by atoms with Gasteiger partial charge >= 0.3 is 0 Å². The van der Waals surface area contributed by atoms with Crippen LogP contribution in [0.5, 0.6) is 0 Å². The number of rotatable bonds is 3. The highest BCUT2D eigenvalue weighted by atomic mass is 32.1. The van der Waals surface area contributed by atoms with Crippen LogP contribution in [0.2, 0.25) is 0 Å². The largest absolute Gasteiger partial charge is 0.346 e. The number of nitrogens with zero attached hydrogens (tertiary/aromatic N) is 4. The monoisotopic (exact) mass is 320 g/mol. The minimum absolute atomic E-state index is 0.0307. The second-order valence-electron chi connectivity index (χ2n) is 6.56. The van der Waals surface area contributed by atoms with Gasteiger partial charge in [-0.2, -0.15) is 9.47 Å². The molecule has 1 fully saturated rings. The summed E-state index contributed by atoms with van der Waals surface area (Å²) in [6.45, 7) is 7.82. The third kappa shape index (κ3) is 3.11.